The molecule has 0 saturated carbocycles. The van der Waals surface area contributed by atoms with Crippen LogP contribution in [0.15, 0.2) is 66.9 Å². The molecule has 2 aromatic carbocycles. The molecule has 1 aliphatic heterocycles. The van der Waals surface area contributed by atoms with E-state index in [0.29, 0.717) is 43.9 Å². The third-order valence-corrected chi connectivity index (χ3v) is 6.18. The van der Waals surface area contributed by atoms with Gasteiger partial charge in [0.2, 0.25) is 5.88 Å². The molecule has 1 atom stereocenters. The van der Waals surface area contributed by atoms with Crippen molar-refractivity contribution in [2.45, 2.75) is 31.2 Å². The Morgan fingerprint density at radius 2 is 1.85 bits per heavy atom. The van der Waals surface area contributed by atoms with Gasteiger partial charge in [-0.25, -0.2) is 9.37 Å². The highest BCUT2D eigenvalue weighted by Crippen LogP contribution is 2.34. The second-order valence-electron chi connectivity index (χ2n) is 8.40. The van der Waals surface area contributed by atoms with Gasteiger partial charge in [-0.2, -0.15) is 0 Å². The lowest BCUT2D eigenvalue weighted by Gasteiger charge is -2.39. The third-order valence-electron chi connectivity index (χ3n) is 6.18. The Bertz CT molecular complexity index is 1040. The Labute approximate surface area is 193 Å². The summed E-state index contributed by atoms with van der Waals surface area (Å²) in [5.41, 5.74) is 1.26. The van der Waals surface area contributed by atoms with E-state index in [1.54, 1.807) is 31.5 Å². The number of pyridine rings is 1. The Morgan fingerprint density at radius 3 is 2.48 bits per heavy atom. The van der Waals surface area contributed by atoms with Gasteiger partial charge >= 0.3 is 0 Å². The molecule has 6 nitrogen and oxygen atoms in total. The normalized spacial score (nSPS) is 16.8. The van der Waals surface area contributed by atoms with Gasteiger partial charge in [0.25, 0.3) is 0 Å². The number of aliphatic hydroxyl groups excluding tert-OH is 1. The average molecular weight is 453 g/mol. The van der Waals surface area contributed by atoms with Crippen molar-refractivity contribution in [3.63, 3.8) is 0 Å². The minimum absolute atomic E-state index is 0.158. The standard InChI is InChI=1S/C26H29FN2O4/c1-32-25-10-8-21(16-28-25)26(31)11-13-29(14-12-26)17-23(30)20-7-9-24(22(27)15-20)33-18-19-5-3-2-4-6-19/h2-10,15-16,23,30-31H,11-14,17-18H2,1H3. The maximum absolute atomic E-state index is 14.5. The molecule has 0 spiro atoms. The Balaban J connectivity index is 1.31. The first-order valence-corrected chi connectivity index (χ1v) is 11.1. The molecule has 33 heavy (non-hydrogen) atoms. The summed E-state index contributed by atoms with van der Waals surface area (Å²) in [5, 5.41) is 21.7. The van der Waals surface area contributed by atoms with Gasteiger partial charge in [0.05, 0.1) is 18.8 Å². The predicted octanol–water partition coefficient (Wildman–Crippen LogP) is 3.83. The van der Waals surface area contributed by atoms with Crippen molar-refractivity contribution in [1.82, 2.24) is 9.88 Å². The number of rotatable bonds is 8. The number of nitrogens with zero attached hydrogens (tertiary/aromatic N) is 2. The molecular weight excluding hydrogens is 423 g/mol. The van der Waals surface area contributed by atoms with Crippen molar-refractivity contribution in [3.8, 4) is 11.6 Å². The van der Waals surface area contributed by atoms with E-state index in [0.717, 1.165) is 11.1 Å². The summed E-state index contributed by atoms with van der Waals surface area (Å²) in [6.45, 7) is 1.86. The van der Waals surface area contributed by atoms with Crippen LogP contribution in [0.4, 0.5) is 4.39 Å². The van der Waals surface area contributed by atoms with Crippen LogP contribution in [-0.2, 0) is 12.2 Å². The first-order chi connectivity index (χ1) is 16.0. The zero-order chi connectivity index (χ0) is 23.3. The highest BCUT2D eigenvalue weighted by atomic mass is 19.1. The number of aromatic nitrogens is 1. The van der Waals surface area contributed by atoms with E-state index in [2.05, 4.69) is 9.88 Å². The van der Waals surface area contributed by atoms with Gasteiger partial charge in [-0.1, -0.05) is 36.4 Å². The van der Waals surface area contributed by atoms with E-state index in [4.69, 9.17) is 9.47 Å². The van der Waals surface area contributed by atoms with Gasteiger partial charge in [0.1, 0.15) is 6.61 Å². The van der Waals surface area contributed by atoms with Crippen LogP contribution in [0.25, 0.3) is 0 Å². The molecule has 1 aliphatic rings. The van der Waals surface area contributed by atoms with Crippen molar-refractivity contribution < 1.29 is 24.1 Å². The maximum Gasteiger partial charge on any atom is 0.212 e. The highest BCUT2D eigenvalue weighted by molar-refractivity contribution is 5.31. The van der Waals surface area contributed by atoms with Crippen molar-refractivity contribution in [2.75, 3.05) is 26.7 Å². The molecule has 0 bridgehead atoms. The Kier molecular flexibility index (Phi) is 7.23. The number of likely N-dealkylation sites (tertiary alicyclic amines) is 1. The molecule has 4 rings (SSSR count). The molecule has 1 unspecified atom stereocenters. The lowest BCUT2D eigenvalue weighted by Crippen LogP contribution is -2.44. The average Bonchev–Trinajstić information content (AvgIpc) is 2.85. The van der Waals surface area contributed by atoms with Crippen molar-refractivity contribution in [2.24, 2.45) is 0 Å². The molecule has 3 aromatic rings. The highest BCUT2D eigenvalue weighted by Gasteiger charge is 2.34. The van der Waals surface area contributed by atoms with Crippen LogP contribution >= 0.6 is 0 Å². The van der Waals surface area contributed by atoms with Gasteiger partial charge in [0.15, 0.2) is 11.6 Å². The SMILES string of the molecule is COc1ccc(C2(O)CCN(CC(O)c3ccc(OCc4ccccc4)c(F)c3)CC2)cn1. The molecule has 1 saturated heterocycles. The van der Waals surface area contributed by atoms with Crippen LogP contribution in [0.1, 0.15) is 35.6 Å². The summed E-state index contributed by atoms with van der Waals surface area (Å²) in [7, 11) is 1.55. The van der Waals surface area contributed by atoms with Crippen molar-refractivity contribution >= 4 is 0 Å². The predicted molar refractivity (Wildman–Crippen MR) is 122 cm³/mol. The molecule has 7 heteroatoms. The third kappa shape index (κ3) is 5.68. The summed E-state index contributed by atoms with van der Waals surface area (Å²) in [5.74, 6) is 0.167. The van der Waals surface area contributed by atoms with E-state index in [9.17, 15) is 14.6 Å². The zero-order valence-corrected chi connectivity index (χ0v) is 18.7. The number of halogens is 1. The monoisotopic (exact) mass is 452 g/mol. The van der Waals surface area contributed by atoms with Gasteiger partial charge in [-0.05, 0) is 42.2 Å². The van der Waals surface area contributed by atoms with Gasteiger partial charge in [0, 0.05) is 37.5 Å². The van der Waals surface area contributed by atoms with E-state index < -0.39 is 17.5 Å². The summed E-state index contributed by atoms with van der Waals surface area (Å²) in [6, 6.07) is 17.7. The molecule has 1 aromatic heterocycles. The number of benzene rings is 2. The number of piperidine rings is 1. The molecule has 1 fully saturated rings. The zero-order valence-electron chi connectivity index (χ0n) is 18.7. The number of hydrogen-bond acceptors (Lipinski definition) is 6. The molecular formula is C26H29FN2O4. The summed E-state index contributed by atoms with van der Waals surface area (Å²) in [6.07, 6.45) is 1.85. The topological polar surface area (TPSA) is 75.1 Å². The summed E-state index contributed by atoms with van der Waals surface area (Å²) in [4.78, 5) is 6.27. The van der Waals surface area contributed by atoms with Crippen molar-refractivity contribution in [1.29, 1.82) is 0 Å². The number of ether oxygens (including phenoxy) is 2. The number of aliphatic hydroxyl groups is 2. The molecule has 2 N–H and O–H groups in total. The van der Waals surface area contributed by atoms with E-state index in [-0.39, 0.29) is 12.4 Å². The number of methoxy groups -OCH3 is 1. The van der Waals surface area contributed by atoms with Crippen LogP contribution < -0.4 is 9.47 Å². The second kappa shape index (κ2) is 10.3. The largest absolute Gasteiger partial charge is 0.486 e. The first-order valence-electron chi connectivity index (χ1n) is 11.1. The Morgan fingerprint density at radius 1 is 1.09 bits per heavy atom. The summed E-state index contributed by atoms with van der Waals surface area (Å²) < 4.78 is 25.2. The molecule has 0 aliphatic carbocycles. The van der Waals surface area contributed by atoms with Crippen LogP contribution in [0.2, 0.25) is 0 Å². The lowest BCUT2D eigenvalue weighted by atomic mass is 9.85. The molecule has 174 valence electrons. The lowest BCUT2D eigenvalue weighted by molar-refractivity contribution is -0.0347. The molecule has 0 radical (unpaired) electrons. The van der Waals surface area contributed by atoms with E-state index in [1.807, 2.05) is 36.4 Å². The van der Waals surface area contributed by atoms with Gasteiger partial charge < -0.3 is 24.6 Å². The fraction of sp³-hybridized carbons (Fsp3) is 0.346. The molecule has 2 heterocycles. The second-order valence-corrected chi connectivity index (χ2v) is 8.40. The quantitative estimate of drug-likeness (QED) is 0.541. The van der Waals surface area contributed by atoms with Crippen LogP contribution in [0.5, 0.6) is 11.6 Å². The van der Waals surface area contributed by atoms with Gasteiger partial charge in [-0.15, -0.1) is 0 Å². The Hall–Kier alpha value is -3.00. The van der Waals surface area contributed by atoms with Crippen molar-refractivity contribution in [3.05, 3.63) is 89.4 Å². The first kappa shape index (κ1) is 23.2. The minimum atomic E-state index is -0.954. The van der Waals surface area contributed by atoms with Crippen LogP contribution in [0, 0.1) is 5.82 Å². The minimum Gasteiger partial charge on any atom is -0.486 e. The van der Waals surface area contributed by atoms with Crippen LogP contribution in [0.3, 0.4) is 0 Å². The van der Waals surface area contributed by atoms with Gasteiger partial charge in [-0.3, -0.25) is 0 Å². The van der Waals surface area contributed by atoms with Crippen LogP contribution in [-0.4, -0.2) is 46.8 Å². The van der Waals surface area contributed by atoms with E-state index >= 15 is 0 Å². The number of β-amino-alcohol motifs (C(OH)–C–C–N with tert-alkyl or cyclic N) is 1. The van der Waals surface area contributed by atoms with E-state index in [1.165, 1.54) is 6.07 Å². The fourth-order valence-electron chi connectivity index (χ4n) is 4.10. The smallest absolute Gasteiger partial charge is 0.212 e. The fourth-order valence-corrected chi connectivity index (χ4v) is 4.10. The summed E-state index contributed by atoms with van der Waals surface area (Å²) >= 11 is 0. The number of hydrogen-bond donors (Lipinski definition) is 2. The molecule has 0 amide bonds. The maximum atomic E-state index is 14.5.